The van der Waals surface area contributed by atoms with Gasteiger partial charge < -0.3 is 5.32 Å². The van der Waals surface area contributed by atoms with Gasteiger partial charge in [0, 0.05) is 25.4 Å². The Morgan fingerprint density at radius 2 is 1.96 bits per heavy atom. The van der Waals surface area contributed by atoms with Gasteiger partial charge in [-0.1, -0.05) is 37.5 Å². The third-order valence-electron chi connectivity index (χ3n) is 3.30. The van der Waals surface area contributed by atoms with Gasteiger partial charge in [0.25, 0.3) is 5.91 Å². The number of allylic oxidation sites excluding steroid dienone is 6. The Kier molecular flexibility index (Phi) is 7.53. The molecule has 1 amide bonds. The van der Waals surface area contributed by atoms with Crippen LogP contribution >= 0.6 is 0 Å². The first-order valence-corrected chi connectivity index (χ1v) is 7.93. The molecule has 1 aromatic heterocycles. The maximum absolute atomic E-state index is 12.2. The van der Waals surface area contributed by atoms with Gasteiger partial charge in [-0.15, -0.1) is 0 Å². The summed E-state index contributed by atoms with van der Waals surface area (Å²) < 4.78 is 1.61. The smallest absolute Gasteiger partial charge is 0.272 e. The van der Waals surface area contributed by atoms with E-state index >= 15 is 0 Å². The van der Waals surface area contributed by atoms with Gasteiger partial charge in [0.1, 0.15) is 0 Å². The molecule has 5 nitrogen and oxygen atoms in total. The molecule has 0 aliphatic heterocycles. The number of amides is 1. The van der Waals surface area contributed by atoms with Crippen LogP contribution in [0.25, 0.3) is 0 Å². The molecule has 132 valence electrons. The monoisotopic (exact) mass is 339 g/mol. The van der Waals surface area contributed by atoms with Gasteiger partial charge in [-0.25, -0.2) is 0 Å². The van der Waals surface area contributed by atoms with Crippen molar-refractivity contribution in [3.63, 3.8) is 0 Å². The fraction of sp³-hybridized carbons (Fsp3) is 0.250. The third kappa shape index (κ3) is 6.59. The maximum Gasteiger partial charge on any atom is 0.272 e. The third-order valence-corrected chi connectivity index (χ3v) is 3.30. The fourth-order valence-electron chi connectivity index (χ4n) is 2.12. The van der Waals surface area contributed by atoms with Crippen LogP contribution in [-0.2, 0) is 11.8 Å². The van der Waals surface area contributed by atoms with Crippen molar-refractivity contribution in [1.82, 2.24) is 15.1 Å². The van der Waals surface area contributed by atoms with Crippen molar-refractivity contribution in [1.29, 1.82) is 0 Å². The second-order valence-corrected chi connectivity index (χ2v) is 5.74. The Bertz CT molecular complexity index is 777. The second kappa shape index (κ2) is 9.37. The van der Waals surface area contributed by atoms with Gasteiger partial charge in [0.05, 0.1) is 0 Å². The Morgan fingerprint density at radius 1 is 1.28 bits per heavy atom. The highest BCUT2D eigenvalue weighted by molar-refractivity contribution is 5.93. The summed E-state index contributed by atoms with van der Waals surface area (Å²) in [5, 5.41) is 6.95. The Balaban J connectivity index is 2.78. The molecule has 0 spiro atoms. The van der Waals surface area contributed by atoms with Crippen LogP contribution in [0.1, 0.15) is 29.9 Å². The Hall–Kier alpha value is -2.95. The molecular formula is C20H25N3O2. The molecule has 0 aliphatic rings. The second-order valence-electron chi connectivity index (χ2n) is 5.74. The van der Waals surface area contributed by atoms with Crippen LogP contribution in [0.3, 0.4) is 0 Å². The highest BCUT2D eigenvalue weighted by Gasteiger charge is 2.12. The fourth-order valence-corrected chi connectivity index (χ4v) is 2.12. The molecule has 0 atom stereocenters. The first-order valence-electron chi connectivity index (χ1n) is 7.93. The minimum Gasteiger partial charge on any atom is -0.347 e. The summed E-state index contributed by atoms with van der Waals surface area (Å²) in [7, 11) is 1.77. The number of nitrogens with one attached hydrogen (secondary N) is 1. The zero-order valence-electron chi connectivity index (χ0n) is 15.3. The molecule has 25 heavy (non-hydrogen) atoms. The number of hydrogen-bond donors (Lipinski definition) is 1. The van der Waals surface area contributed by atoms with Crippen molar-refractivity contribution in [2.75, 3.05) is 6.54 Å². The number of rotatable bonds is 8. The van der Waals surface area contributed by atoms with Crippen molar-refractivity contribution in [3.05, 3.63) is 77.7 Å². The van der Waals surface area contributed by atoms with Crippen LogP contribution < -0.4 is 5.32 Å². The molecule has 0 unspecified atom stereocenters. The lowest BCUT2D eigenvalue weighted by Crippen LogP contribution is -2.26. The molecule has 0 fully saturated rings. The molecule has 1 heterocycles. The number of carbonyl (C=O) groups is 2. The normalized spacial score (nSPS) is 11.9. The van der Waals surface area contributed by atoms with Gasteiger partial charge in [-0.05, 0) is 43.6 Å². The van der Waals surface area contributed by atoms with Crippen LogP contribution in [0.4, 0.5) is 0 Å². The lowest BCUT2D eigenvalue weighted by Gasteiger charge is -2.07. The van der Waals surface area contributed by atoms with E-state index in [1.807, 2.05) is 32.1 Å². The lowest BCUT2D eigenvalue weighted by molar-refractivity contribution is -0.112. The number of aromatic nitrogens is 2. The molecule has 0 aliphatic carbocycles. The van der Waals surface area contributed by atoms with E-state index in [4.69, 9.17) is 0 Å². The van der Waals surface area contributed by atoms with E-state index in [0.717, 1.165) is 11.1 Å². The molecule has 5 heteroatoms. The van der Waals surface area contributed by atoms with E-state index in [0.29, 0.717) is 23.4 Å². The number of aryl methyl sites for hydroxylation is 2. The van der Waals surface area contributed by atoms with E-state index in [1.165, 1.54) is 13.0 Å². The SMILES string of the molecule is C=C(/C=C(\C=C/C)C(=C)/C=C\C(C)=O)CNC(=O)c1nn(C)cc1C. The standard InChI is InChI=1S/C20H25N3O2/c1-7-8-18(15(3)9-10-17(5)24)11-14(2)12-21-20(25)19-16(4)13-23(6)22-19/h7-11,13H,2-3,12H2,1,4-6H3,(H,21,25)/b8-7-,10-9-,18-11+. The molecule has 1 N–H and O–H groups in total. The van der Waals surface area contributed by atoms with Crippen LogP contribution in [0, 0.1) is 6.92 Å². The van der Waals surface area contributed by atoms with E-state index in [2.05, 4.69) is 23.6 Å². The average molecular weight is 339 g/mol. The Morgan fingerprint density at radius 3 is 2.48 bits per heavy atom. The summed E-state index contributed by atoms with van der Waals surface area (Å²) in [5.41, 5.74) is 3.46. The highest BCUT2D eigenvalue weighted by atomic mass is 16.2. The van der Waals surface area contributed by atoms with Gasteiger partial charge in [-0.2, -0.15) is 5.10 Å². The zero-order chi connectivity index (χ0) is 19.0. The van der Waals surface area contributed by atoms with Gasteiger partial charge >= 0.3 is 0 Å². The molecule has 0 saturated heterocycles. The number of carbonyl (C=O) groups excluding carboxylic acids is 2. The summed E-state index contributed by atoms with van der Waals surface area (Å²) in [6.45, 7) is 13.4. The van der Waals surface area contributed by atoms with Gasteiger partial charge in [0.2, 0.25) is 0 Å². The molecule has 1 rings (SSSR count). The van der Waals surface area contributed by atoms with Gasteiger partial charge in [0.15, 0.2) is 11.5 Å². The molecule has 0 bridgehead atoms. The maximum atomic E-state index is 12.2. The van der Waals surface area contributed by atoms with Crippen molar-refractivity contribution in [3.8, 4) is 0 Å². The van der Waals surface area contributed by atoms with Gasteiger partial charge in [-0.3, -0.25) is 14.3 Å². The number of ketones is 1. The molecule has 1 aromatic rings. The summed E-state index contributed by atoms with van der Waals surface area (Å²) in [5.74, 6) is -0.284. The van der Waals surface area contributed by atoms with E-state index < -0.39 is 0 Å². The molecule has 0 saturated carbocycles. The minimum atomic E-state index is -0.240. The van der Waals surface area contributed by atoms with Crippen molar-refractivity contribution < 1.29 is 9.59 Å². The van der Waals surface area contributed by atoms with Crippen LogP contribution in [-0.4, -0.2) is 28.0 Å². The van der Waals surface area contributed by atoms with Crippen molar-refractivity contribution in [2.45, 2.75) is 20.8 Å². The van der Waals surface area contributed by atoms with E-state index in [1.54, 1.807) is 24.0 Å². The quantitative estimate of drug-likeness (QED) is 0.584. The number of hydrogen-bond acceptors (Lipinski definition) is 3. The zero-order valence-corrected chi connectivity index (χ0v) is 15.3. The Labute approximate surface area is 149 Å². The lowest BCUT2D eigenvalue weighted by atomic mass is 10.0. The van der Waals surface area contributed by atoms with Crippen LogP contribution in [0.2, 0.25) is 0 Å². The van der Waals surface area contributed by atoms with E-state index in [-0.39, 0.29) is 11.7 Å². The largest absolute Gasteiger partial charge is 0.347 e. The predicted octanol–water partition coefficient (Wildman–Crippen LogP) is 3.22. The molecular weight excluding hydrogens is 314 g/mol. The first-order chi connectivity index (χ1) is 11.7. The average Bonchev–Trinajstić information content (AvgIpc) is 2.88. The van der Waals surface area contributed by atoms with Crippen LogP contribution in [0.15, 0.2) is 66.5 Å². The minimum absolute atomic E-state index is 0.0437. The number of nitrogens with zero attached hydrogens (tertiary/aromatic N) is 2. The van der Waals surface area contributed by atoms with E-state index in [9.17, 15) is 9.59 Å². The van der Waals surface area contributed by atoms with Crippen molar-refractivity contribution >= 4 is 11.7 Å². The van der Waals surface area contributed by atoms with Crippen molar-refractivity contribution in [2.24, 2.45) is 7.05 Å². The highest BCUT2D eigenvalue weighted by Crippen LogP contribution is 2.14. The summed E-state index contributed by atoms with van der Waals surface area (Å²) in [6, 6.07) is 0. The summed E-state index contributed by atoms with van der Waals surface area (Å²) >= 11 is 0. The van der Waals surface area contributed by atoms with Crippen LogP contribution in [0.5, 0.6) is 0 Å². The predicted molar refractivity (Wildman–Crippen MR) is 101 cm³/mol. The summed E-state index contributed by atoms with van der Waals surface area (Å²) in [6.07, 6.45) is 10.5. The topological polar surface area (TPSA) is 64.0 Å². The molecule has 0 radical (unpaired) electrons. The summed E-state index contributed by atoms with van der Waals surface area (Å²) in [4.78, 5) is 23.2. The molecule has 0 aromatic carbocycles. The first kappa shape index (κ1) is 20.1.